The van der Waals surface area contributed by atoms with Crippen LogP contribution in [-0.4, -0.2) is 16.5 Å². The average Bonchev–Trinajstić information content (AvgIpc) is 2.68. The average molecular weight is 360 g/mol. The van der Waals surface area contributed by atoms with E-state index in [0.717, 1.165) is 11.3 Å². The van der Waals surface area contributed by atoms with Gasteiger partial charge in [-0.2, -0.15) is 5.26 Å². The lowest BCUT2D eigenvalue weighted by atomic mass is 9.98. The van der Waals surface area contributed by atoms with Gasteiger partial charge in [-0.3, -0.25) is 10.1 Å². The Morgan fingerprint density at radius 3 is 2.33 bits per heavy atom. The van der Waals surface area contributed by atoms with Crippen LogP contribution in [0.5, 0.6) is 5.75 Å². The van der Waals surface area contributed by atoms with Crippen LogP contribution < -0.4 is 10.5 Å². The van der Waals surface area contributed by atoms with Gasteiger partial charge in [-0.05, 0) is 42.8 Å². The number of anilines is 1. The molecule has 0 amide bonds. The first-order valence-corrected chi connectivity index (χ1v) is 8.22. The molecule has 0 aliphatic rings. The predicted molar refractivity (Wildman–Crippen MR) is 102 cm³/mol. The van der Waals surface area contributed by atoms with Crippen molar-refractivity contribution in [2.75, 3.05) is 12.3 Å². The van der Waals surface area contributed by atoms with Crippen molar-refractivity contribution in [1.82, 2.24) is 4.98 Å². The van der Waals surface area contributed by atoms with Gasteiger partial charge in [-0.25, -0.2) is 4.98 Å². The van der Waals surface area contributed by atoms with E-state index in [9.17, 15) is 15.4 Å². The summed E-state index contributed by atoms with van der Waals surface area (Å²) in [6.07, 6.45) is 0. The number of nitrogens with two attached hydrogens (primary N) is 1. The van der Waals surface area contributed by atoms with Crippen molar-refractivity contribution in [2.24, 2.45) is 0 Å². The van der Waals surface area contributed by atoms with Gasteiger partial charge in [0.2, 0.25) is 0 Å². The Morgan fingerprint density at radius 2 is 1.78 bits per heavy atom. The summed E-state index contributed by atoms with van der Waals surface area (Å²) >= 11 is 0. The Bertz CT molecular complexity index is 1020. The summed E-state index contributed by atoms with van der Waals surface area (Å²) in [7, 11) is 0. The number of pyridine rings is 1. The fraction of sp³-hybridized carbons (Fsp3) is 0.100. The smallest absolute Gasteiger partial charge is 0.269 e. The second kappa shape index (κ2) is 7.54. The van der Waals surface area contributed by atoms with E-state index in [0.29, 0.717) is 23.4 Å². The molecule has 7 heteroatoms. The number of rotatable bonds is 5. The quantitative estimate of drug-likeness (QED) is 0.539. The third-order valence-electron chi connectivity index (χ3n) is 4.01. The first kappa shape index (κ1) is 17.9. The number of hydrogen-bond donors (Lipinski definition) is 1. The Labute approximate surface area is 155 Å². The van der Waals surface area contributed by atoms with E-state index in [4.69, 9.17) is 10.5 Å². The molecule has 2 aromatic carbocycles. The topological polar surface area (TPSA) is 115 Å². The standard InChI is InChI=1S/C20H16N4O3/c1-2-27-16-9-5-13(6-10-16)17-11-19(23-20(22)18(17)12-21)14-3-7-15(8-4-14)24(25)26/h3-11H,2H2,1H3,(H2,22,23). The molecule has 0 saturated heterocycles. The van der Waals surface area contributed by atoms with E-state index < -0.39 is 4.92 Å². The largest absolute Gasteiger partial charge is 0.494 e. The van der Waals surface area contributed by atoms with Gasteiger partial charge in [0.05, 0.1) is 17.2 Å². The number of nitro groups is 1. The zero-order valence-electron chi connectivity index (χ0n) is 14.5. The van der Waals surface area contributed by atoms with Crippen LogP contribution in [0.3, 0.4) is 0 Å². The van der Waals surface area contributed by atoms with Gasteiger partial charge < -0.3 is 10.5 Å². The van der Waals surface area contributed by atoms with E-state index in [1.807, 2.05) is 31.2 Å². The zero-order chi connectivity index (χ0) is 19.4. The molecule has 0 saturated carbocycles. The lowest BCUT2D eigenvalue weighted by Crippen LogP contribution is -2.00. The molecule has 0 unspecified atom stereocenters. The van der Waals surface area contributed by atoms with Crippen molar-refractivity contribution in [3.63, 3.8) is 0 Å². The molecule has 0 fully saturated rings. The van der Waals surface area contributed by atoms with Gasteiger partial charge in [-0.1, -0.05) is 12.1 Å². The highest BCUT2D eigenvalue weighted by atomic mass is 16.6. The number of non-ortho nitro benzene ring substituents is 1. The molecule has 7 nitrogen and oxygen atoms in total. The zero-order valence-corrected chi connectivity index (χ0v) is 14.5. The molecule has 3 rings (SSSR count). The second-order valence-corrected chi connectivity index (χ2v) is 5.69. The van der Waals surface area contributed by atoms with Gasteiger partial charge in [-0.15, -0.1) is 0 Å². The van der Waals surface area contributed by atoms with E-state index >= 15 is 0 Å². The molecule has 134 valence electrons. The molecule has 1 aromatic heterocycles. The highest BCUT2D eigenvalue weighted by molar-refractivity contribution is 5.80. The van der Waals surface area contributed by atoms with Crippen LogP contribution in [0.1, 0.15) is 12.5 Å². The molecule has 0 aliphatic carbocycles. The lowest BCUT2D eigenvalue weighted by molar-refractivity contribution is -0.384. The molecule has 0 aliphatic heterocycles. The van der Waals surface area contributed by atoms with E-state index in [1.54, 1.807) is 18.2 Å². The highest BCUT2D eigenvalue weighted by Crippen LogP contribution is 2.32. The highest BCUT2D eigenvalue weighted by Gasteiger charge is 2.14. The van der Waals surface area contributed by atoms with Crippen molar-refractivity contribution in [3.05, 3.63) is 70.3 Å². The number of nitriles is 1. The second-order valence-electron chi connectivity index (χ2n) is 5.69. The van der Waals surface area contributed by atoms with Crippen LogP contribution in [-0.2, 0) is 0 Å². The number of benzene rings is 2. The first-order chi connectivity index (χ1) is 13.0. The maximum Gasteiger partial charge on any atom is 0.269 e. The summed E-state index contributed by atoms with van der Waals surface area (Å²) in [5.74, 6) is 0.842. The monoisotopic (exact) mass is 360 g/mol. The van der Waals surface area contributed by atoms with E-state index in [-0.39, 0.29) is 17.1 Å². The molecule has 0 radical (unpaired) electrons. The molecule has 0 bridgehead atoms. The number of nitro benzene ring substituents is 1. The number of aromatic nitrogens is 1. The number of hydrogen-bond acceptors (Lipinski definition) is 6. The third-order valence-corrected chi connectivity index (χ3v) is 4.01. The first-order valence-electron chi connectivity index (χ1n) is 8.22. The summed E-state index contributed by atoms with van der Waals surface area (Å²) in [6, 6.07) is 17.2. The molecular formula is C20H16N4O3. The summed E-state index contributed by atoms with van der Waals surface area (Å²) in [5, 5.41) is 20.3. The van der Waals surface area contributed by atoms with Crippen LogP contribution in [0.25, 0.3) is 22.4 Å². The molecule has 2 N–H and O–H groups in total. The van der Waals surface area contributed by atoms with E-state index in [1.165, 1.54) is 12.1 Å². The van der Waals surface area contributed by atoms with Gasteiger partial charge in [0.1, 0.15) is 23.2 Å². The van der Waals surface area contributed by atoms with Crippen molar-refractivity contribution in [3.8, 4) is 34.2 Å². The number of nitrogen functional groups attached to an aromatic ring is 1. The Kier molecular flexibility index (Phi) is 4.99. The van der Waals surface area contributed by atoms with Gasteiger partial charge >= 0.3 is 0 Å². The van der Waals surface area contributed by atoms with Crippen LogP contribution in [0.4, 0.5) is 11.5 Å². The minimum atomic E-state index is -0.463. The van der Waals surface area contributed by atoms with Crippen molar-refractivity contribution < 1.29 is 9.66 Å². The van der Waals surface area contributed by atoms with Crippen LogP contribution in [0.2, 0.25) is 0 Å². The Hall–Kier alpha value is -3.92. The van der Waals surface area contributed by atoms with Crippen LogP contribution >= 0.6 is 0 Å². The minimum absolute atomic E-state index is 0.00731. The SMILES string of the molecule is CCOc1ccc(-c2cc(-c3ccc([N+](=O)[O-])cc3)nc(N)c2C#N)cc1. The minimum Gasteiger partial charge on any atom is -0.494 e. The van der Waals surface area contributed by atoms with Gasteiger partial charge in [0, 0.05) is 23.3 Å². The predicted octanol–water partition coefficient (Wildman–Crippen LogP) is 4.18. The molecule has 0 atom stereocenters. The summed E-state index contributed by atoms with van der Waals surface area (Å²) in [4.78, 5) is 14.6. The maximum atomic E-state index is 10.8. The van der Waals surface area contributed by atoms with Crippen LogP contribution in [0.15, 0.2) is 54.6 Å². The third kappa shape index (κ3) is 3.70. The summed E-state index contributed by atoms with van der Waals surface area (Å²) in [5.41, 5.74) is 8.91. The molecule has 3 aromatic rings. The Morgan fingerprint density at radius 1 is 1.15 bits per heavy atom. The fourth-order valence-electron chi connectivity index (χ4n) is 2.71. The molecule has 27 heavy (non-hydrogen) atoms. The van der Waals surface area contributed by atoms with E-state index in [2.05, 4.69) is 11.1 Å². The maximum absolute atomic E-state index is 10.8. The Balaban J connectivity index is 2.08. The normalized spacial score (nSPS) is 10.2. The summed E-state index contributed by atoms with van der Waals surface area (Å²) in [6.45, 7) is 2.47. The molecular weight excluding hydrogens is 344 g/mol. The molecule has 1 heterocycles. The van der Waals surface area contributed by atoms with Gasteiger partial charge in [0.25, 0.3) is 5.69 Å². The van der Waals surface area contributed by atoms with Gasteiger partial charge in [0.15, 0.2) is 0 Å². The fourth-order valence-corrected chi connectivity index (χ4v) is 2.71. The van der Waals surface area contributed by atoms with Crippen molar-refractivity contribution >= 4 is 11.5 Å². The van der Waals surface area contributed by atoms with Crippen molar-refractivity contribution in [1.29, 1.82) is 5.26 Å². The molecule has 0 spiro atoms. The van der Waals surface area contributed by atoms with Crippen molar-refractivity contribution in [2.45, 2.75) is 6.92 Å². The number of ether oxygens (including phenoxy) is 1. The summed E-state index contributed by atoms with van der Waals surface area (Å²) < 4.78 is 5.44. The number of nitrogens with zero attached hydrogens (tertiary/aromatic N) is 3. The lowest BCUT2D eigenvalue weighted by Gasteiger charge is -2.11. The van der Waals surface area contributed by atoms with Crippen LogP contribution in [0, 0.1) is 21.4 Å².